The van der Waals surface area contributed by atoms with E-state index in [2.05, 4.69) is 10.2 Å². The standard InChI is InChI=1S/C14H26N2O2/c1-14(13(17)15-2)11-16(9-10-18-14)12-7-5-3-4-6-8-12/h12H,3-11H2,1-2H3,(H,15,17)/t14-/m1/s1. The van der Waals surface area contributed by atoms with Crippen LogP contribution in [-0.2, 0) is 9.53 Å². The molecular weight excluding hydrogens is 228 g/mol. The summed E-state index contributed by atoms with van der Waals surface area (Å²) in [4.78, 5) is 14.4. The molecule has 0 aromatic heterocycles. The summed E-state index contributed by atoms with van der Waals surface area (Å²) >= 11 is 0. The molecule has 4 nitrogen and oxygen atoms in total. The molecule has 2 fully saturated rings. The lowest BCUT2D eigenvalue weighted by Crippen LogP contribution is -2.59. The number of hydrogen-bond donors (Lipinski definition) is 1. The van der Waals surface area contributed by atoms with Gasteiger partial charge >= 0.3 is 0 Å². The Balaban J connectivity index is 1.98. The average Bonchev–Trinajstić information content (AvgIpc) is 2.66. The number of ether oxygens (including phenoxy) is 1. The fraction of sp³-hybridized carbons (Fsp3) is 0.929. The molecule has 18 heavy (non-hydrogen) atoms. The van der Waals surface area contributed by atoms with Gasteiger partial charge in [0, 0.05) is 26.2 Å². The van der Waals surface area contributed by atoms with E-state index in [1.165, 1.54) is 38.5 Å². The van der Waals surface area contributed by atoms with Gasteiger partial charge in [0.25, 0.3) is 5.91 Å². The molecule has 1 heterocycles. The summed E-state index contributed by atoms with van der Waals surface area (Å²) in [6, 6.07) is 0.653. The van der Waals surface area contributed by atoms with Gasteiger partial charge in [-0.3, -0.25) is 9.69 Å². The van der Waals surface area contributed by atoms with Crippen molar-refractivity contribution in [3.63, 3.8) is 0 Å². The maximum atomic E-state index is 11.9. The number of nitrogens with zero attached hydrogens (tertiary/aromatic N) is 1. The summed E-state index contributed by atoms with van der Waals surface area (Å²) in [5.41, 5.74) is -0.667. The molecule has 1 N–H and O–H groups in total. The number of hydrogen-bond acceptors (Lipinski definition) is 3. The molecule has 1 amide bonds. The zero-order valence-corrected chi connectivity index (χ0v) is 11.7. The third-order valence-corrected chi connectivity index (χ3v) is 4.35. The average molecular weight is 254 g/mol. The van der Waals surface area contributed by atoms with Crippen molar-refractivity contribution in [1.82, 2.24) is 10.2 Å². The second-order valence-electron chi connectivity index (χ2n) is 5.77. The van der Waals surface area contributed by atoms with E-state index in [4.69, 9.17) is 4.74 Å². The Morgan fingerprint density at radius 3 is 2.56 bits per heavy atom. The Kier molecular flexibility index (Phi) is 4.62. The fourth-order valence-electron chi connectivity index (χ4n) is 3.24. The van der Waals surface area contributed by atoms with Gasteiger partial charge in [0.05, 0.1) is 6.61 Å². The van der Waals surface area contributed by atoms with Crippen LogP contribution in [0.15, 0.2) is 0 Å². The van der Waals surface area contributed by atoms with Crippen molar-refractivity contribution in [2.24, 2.45) is 0 Å². The predicted octanol–water partition coefficient (Wildman–Crippen LogP) is 1.55. The summed E-state index contributed by atoms with van der Waals surface area (Å²) in [6.45, 7) is 4.28. The molecule has 0 radical (unpaired) electrons. The first-order valence-electron chi connectivity index (χ1n) is 7.26. The molecule has 104 valence electrons. The first kappa shape index (κ1) is 13.8. The first-order chi connectivity index (χ1) is 8.65. The molecule has 1 aliphatic carbocycles. The quantitative estimate of drug-likeness (QED) is 0.760. The highest BCUT2D eigenvalue weighted by Gasteiger charge is 2.40. The Bertz CT molecular complexity index is 288. The summed E-state index contributed by atoms with van der Waals surface area (Å²) in [5, 5.41) is 2.72. The number of carbonyl (C=O) groups is 1. The normalized spacial score (nSPS) is 31.9. The Labute approximate surface area is 110 Å². The molecule has 1 atom stereocenters. The Morgan fingerprint density at radius 1 is 1.28 bits per heavy atom. The minimum atomic E-state index is -0.667. The molecule has 0 unspecified atom stereocenters. The zero-order valence-electron chi connectivity index (χ0n) is 11.7. The second kappa shape index (κ2) is 6.02. The molecule has 4 heteroatoms. The topological polar surface area (TPSA) is 41.6 Å². The number of carbonyl (C=O) groups excluding carboxylic acids is 1. The smallest absolute Gasteiger partial charge is 0.253 e. The molecule has 2 aliphatic rings. The lowest BCUT2D eigenvalue weighted by Gasteiger charge is -2.42. The highest BCUT2D eigenvalue weighted by molar-refractivity contribution is 5.84. The van der Waals surface area contributed by atoms with E-state index in [1.807, 2.05) is 6.92 Å². The van der Waals surface area contributed by atoms with E-state index >= 15 is 0 Å². The molecular formula is C14H26N2O2. The maximum Gasteiger partial charge on any atom is 0.253 e. The van der Waals surface area contributed by atoms with Gasteiger partial charge in [-0.1, -0.05) is 25.7 Å². The molecule has 0 aromatic rings. The Hall–Kier alpha value is -0.610. The maximum absolute atomic E-state index is 11.9. The van der Waals surface area contributed by atoms with Gasteiger partial charge < -0.3 is 10.1 Å². The third-order valence-electron chi connectivity index (χ3n) is 4.35. The van der Waals surface area contributed by atoms with Gasteiger partial charge in [0.2, 0.25) is 0 Å². The van der Waals surface area contributed by atoms with Crippen LogP contribution in [0.25, 0.3) is 0 Å². The number of morpholine rings is 1. The van der Waals surface area contributed by atoms with Gasteiger partial charge in [-0.15, -0.1) is 0 Å². The van der Waals surface area contributed by atoms with Crippen molar-refractivity contribution in [1.29, 1.82) is 0 Å². The van der Waals surface area contributed by atoms with Gasteiger partial charge in [-0.05, 0) is 19.8 Å². The van der Waals surface area contributed by atoms with Crippen molar-refractivity contribution in [2.45, 2.75) is 57.1 Å². The molecule has 1 aliphatic heterocycles. The highest BCUT2D eigenvalue weighted by atomic mass is 16.5. The van der Waals surface area contributed by atoms with Gasteiger partial charge in [-0.25, -0.2) is 0 Å². The number of nitrogens with one attached hydrogen (secondary N) is 1. The van der Waals surface area contributed by atoms with Crippen LogP contribution in [0.1, 0.15) is 45.4 Å². The van der Waals surface area contributed by atoms with E-state index in [1.54, 1.807) is 7.05 Å². The largest absolute Gasteiger partial charge is 0.363 e. The summed E-state index contributed by atoms with van der Waals surface area (Å²) in [6.07, 6.45) is 7.96. The Morgan fingerprint density at radius 2 is 1.94 bits per heavy atom. The summed E-state index contributed by atoms with van der Waals surface area (Å²) in [7, 11) is 1.68. The van der Waals surface area contributed by atoms with E-state index in [0.717, 1.165) is 13.1 Å². The lowest BCUT2D eigenvalue weighted by molar-refractivity contribution is -0.158. The molecule has 0 aromatic carbocycles. The van der Waals surface area contributed by atoms with Crippen LogP contribution in [0.5, 0.6) is 0 Å². The van der Waals surface area contributed by atoms with Crippen LogP contribution in [0.3, 0.4) is 0 Å². The molecule has 0 bridgehead atoms. The van der Waals surface area contributed by atoms with Crippen LogP contribution in [-0.4, -0.2) is 49.2 Å². The minimum Gasteiger partial charge on any atom is -0.363 e. The van der Waals surface area contributed by atoms with Crippen LogP contribution in [0, 0.1) is 0 Å². The van der Waals surface area contributed by atoms with Crippen LogP contribution in [0.2, 0.25) is 0 Å². The van der Waals surface area contributed by atoms with Gasteiger partial charge in [-0.2, -0.15) is 0 Å². The van der Waals surface area contributed by atoms with E-state index in [0.29, 0.717) is 12.6 Å². The van der Waals surface area contributed by atoms with Crippen LogP contribution >= 0.6 is 0 Å². The first-order valence-corrected chi connectivity index (χ1v) is 7.26. The number of rotatable bonds is 2. The van der Waals surface area contributed by atoms with Crippen LogP contribution < -0.4 is 5.32 Å². The molecule has 1 saturated heterocycles. The SMILES string of the molecule is CNC(=O)[C@@]1(C)CN(C2CCCCCC2)CCO1. The van der Waals surface area contributed by atoms with Crippen molar-refractivity contribution in [2.75, 3.05) is 26.7 Å². The van der Waals surface area contributed by atoms with E-state index in [-0.39, 0.29) is 5.91 Å². The molecule has 0 spiro atoms. The number of amides is 1. The zero-order chi connectivity index (χ0) is 13.0. The minimum absolute atomic E-state index is 0.000761. The second-order valence-corrected chi connectivity index (χ2v) is 5.77. The highest BCUT2D eigenvalue weighted by Crippen LogP contribution is 2.26. The fourth-order valence-corrected chi connectivity index (χ4v) is 3.24. The van der Waals surface area contributed by atoms with Crippen molar-refractivity contribution < 1.29 is 9.53 Å². The van der Waals surface area contributed by atoms with E-state index < -0.39 is 5.60 Å². The number of likely N-dealkylation sites (N-methyl/N-ethyl adjacent to an activating group) is 1. The van der Waals surface area contributed by atoms with E-state index in [9.17, 15) is 4.79 Å². The van der Waals surface area contributed by atoms with Crippen molar-refractivity contribution >= 4 is 5.91 Å². The summed E-state index contributed by atoms with van der Waals surface area (Å²) < 4.78 is 5.72. The molecule has 1 saturated carbocycles. The van der Waals surface area contributed by atoms with Crippen molar-refractivity contribution in [3.05, 3.63) is 0 Å². The van der Waals surface area contributed by atoms with Gasteiger partial charge in [0.15, 0.2) is 5.60 Å². The van der Waals surface area contributed by atoms with Gasteiger partial charge in [0.1, 0.15) is 0 Å². The monoisotopic (exact) mass is 254 g/mol. The predicted molar refractivity (Wildman–Crippen MR) is 71.5 cm³/mol. The summed E-state index contributed by atoms with van der Waals surface area (Å²) in [5.74, 6) is 0.000761. The molecule has 2 rings (SSSR count). The third kappa shape index (κ3) is 3.04. The van der Waals surface area contributed by atoms with Crippen molar-refractivity contribution in [3.8, 4) is 0 Å². The van der Waals surface area contributed by atoms with Crippen LogP contribution in [0.4, 0.5) is 0 Å². The lowest BCUT2D eigenvalue weighted by atomic mass is 9.99.